The third-order valence-corrected chi connectivity index (χ3v) is 20.4. The second-order valence-electron chi connectivity index (χ2n) is 29.3. The molecule has 16 aromatic rings. The van der Waals surface area contributed by atoms with Gasteiger partial charge >= 0.3 is 0 Å². The van der Waals surface area contributed by atoms with Gasteiger partial charge in [-0.05, 0) is 156 Å². The Morgan fingerprint density at radius 1 is 0.360 bits per heavy atom. The molecule has 7 nitrogen and oxygen atoms in total. The van der Waals surface area contributed by atoms with Crippen LogP contribution in [0.1, 0.15) is 108 Å². The summed E-state index contributed by atoms with van der Waals surface area (Å²) in [5.74, 6) is 0. The molecule has 0 unspecified atom stereocenters. The Kier molecular flexibility index (Phi) is 10.6. The summed E-state index contributed by atoms with van der Waals surface area (Å²) in [6.07, 6.45) is 0. The van der Waals surface area contributed by atoms with Crippen LogP contribution in [0.3, 0.4) is 0 Å². The third-order valence-electron chi connectivity index (χ3n) is 20.4. The number of aromatic nitrogens is 3. The fourth-order valence-corrected chi connectivity index (χ4v) is 16.0. The van der Waals surface area contributed by atoms with E-state index >= 15 is 0 Å². The molecule has 0 fully saturated rings. The molecule has 5 heterocycles. The van der Waals surface area contributed by atoms with Crippen molar-refractivity contribution in [2.45, 2.75) is 78.6 Å². The van der Waals surface area contributed by atoms with Gasteiger partial charge in [0.2, 0.25) is 0 Å². The summed E-state index contributed by atoms with van der Waals surface area (Å²) in [4.78, 5) is 4.19. The van der Waals surface area contributed by atoms with Gasteiger partial charge < -0.3 is 23.5 Å². The van der Waals surface area contributed by atoms with Crippen LogP contribution in [0.15, 0.2) is 273 Å². The lowest BCUT2D eigenvalue weighted by molar-refractivity contribution is 0.587. The molecule has 0 saturated carbocycles. The van der Waals surface area contributed by atoms with Crippen LogP contribution in [0.2, 0.25) is 0 Å². The Morgan fingerprint density at radius 2 is 0.920 bits per heavy atom. The third kappa shape index (κ3) is 9.03. The lowest BCUT2D eigenvalue weighted by Gasteiger charge is -2.46. The van der Waals surface area contributed by atoms with Crippen LogP contribution >= 0.6 is 0 Å². The van der Waals surface area contributed by atoms with Gasteiger partial charge in [0.25, 0.3) is 6.71 Å². The van der Waals surface area contributed by atoms with E-state index in [0.717, 1.165) is 82.6 Å². The Bertz CT molecular complexity index is 6880. The van der Waals surface area contributed by atoms with E-state index in [1.165, 1.54) is 4.57 Å². The molecule has 0 amide bonds. The second-order valence-corrected chi connectivity index (χ2v) is 29.3. The minimum Gasteiger partial charge on any atom is -0.310 e. The van der Waals surface area contributed by atoms with Gasteiger partial charge in [-0.2, -0.15) is 10.5 Å². The minimum atomic E-state index is -0.800. The minimum absolute atomic E-state index is 0.0386. The lowest BCUT2D eigenvalue weighted by atomic mass is 9.33. The Hall–Kier alpha value is -12.1. The maximum atomic E-state index is 12.9. The Balaban J connectivity index is 1.03. The fourth-order valence-electron chi connectivity index (χ4n) is 16.0. The van der Waals surface area contributed by atoms with E-state index in [9.17, 15) is 21.5 Å². The monoisotopic (exact) mass is 1300 g/mol. The van der Waals surface area contributed by atoms with Gasteiger partial charge in [0, 0.05) is 60.8 Å². The zero-order chi connectivity index (χ0) is 79.6. The van der Waals surface area contributed by atoms with Crippen molar-refractivity contribution in [3.63, 3.8) is 0 Å². The molecule has 3 aromatic heterocycles. The first-order chi connectivity index (χ1) is 53.9. The van der Waals surface area contributed by atoms with Gasteiger partial charge in [0.05, 0.1) is 79.2 Å². The molecule has 2 aliphatic rings. The average Bonchev–Trinajstić information content (AvgIpc) is 1.05. The normalized spacial score (nSPS) is 14.8. The van der Waals surface area contributed by atoms with Crippen LogP contribution in [-0.2, 0) is 16.2 Å². The number of fused-ring (bicyclic) bond motifs is 13. The largest absolute Gasteiger partial charge is 0.310 e. The van der Waals surface area contributed by atoms with E-state index in [0.29, 0.717) is 61.9 Å². The maximum Gasteiger partial charge on any atom is 0.252 e. The highest BCUT2D eigenvalue weighted by atomic mass is 15.2. The van der Waals surface area contributed by atoms with Crippen LogP contribution in [0, 0.1) is 22.7 Å². The molecule has 2 aliphatic heterocycles. The Morgan fingerprint density at radius 3 is 1.54 bits per heavy atom. The number of anilines is 6. The summed E-state index contributed by atoms with van der Waals surface area (Å²) in [6, 6.07) is 63.7. The average molecular weight is 1300 g/mol. The first-order valence-corrected chi connectivity index (χ1v) is 33.8. The van der Waals surface area contributed by atoms with Crippen molar-refractivity contribution >= 4 is 123 Å². The molecular formula is C92H72BN7. The number of nitriles is 2. The van der Waals surface area contributed by atoms with Crippen LogP contribution < -0.4 is 26.2 Å². The quantitative estimate of drug-likeness (QED) is 0.149. The summed E-state index contributed by atoms with van der Waals surface area (Å²) in [6.45, 7) is 18.3. The number of benzene rings is 13. The molecule has 0 radical (unpaired) electrons. The summed E-state index contributed by atoms with van der Waals surface area (Å²) >= 11 is 0. The fraction of sp³-hybridized carbons (Fsp3) is 0.130. The van der Waals surface area contributed by atoms with Gasteiger partial charge in [-0.1, -0.05) is 250 Å². The molecular weight excluding hydrogens is 1210 g/mol. The lowest BCUT2D eigenvalue weighted by Crippen LogP contribution is -2.61. The van der Waals surface area contributed by atoms with Gasteiger partial charge in [0.1, 0.15) is 17.7 Å². The van der Waals surface area contributed by atoms with Crippen LogP contribution in [0.25, 0.3) is 105 Å². The number of hydrogen-bond donors (Lipinski definition) is 0. The summed E-state index contributed by atoms with van der Waals surface area (Å²) < 4.78 is 127. The summed E-state index contributed by atoms with van der Waals surface area (Å²) in [7, 11) is 0. The van der Waals surface area contributed by atoms with Crippen molar-refractivity contribution in [3.8, 4) is 51.5 Å². The molecule has 0 atom stereocenters. The van der Waals surface area contributed by atoms with E-state index in [1.807, 2.05) is 97.1 Å². The molecule has 0 saturated heterocycles. The number of rotatable bonds is 7. The smallest absolute Gasteiger partial charge is 0.252 e. The van der Waals surface area contributed by atoms with E-state index in [-0.39, 0.29) is 38.6 Å². The molecule has 8 heteroatoms. The van der Waals surface area contributed by atoms with Crippen molar-refractivity contribution in [1.82, 2.24) is 13.7 Å². The SMILES string of the molecule is [2H]c1c([2H])c([2H])c(-c2ccc3c(c2)N(c2cc(-n4c5ccccc5c5ccccc54)c(C(C)(C)C)cc2C#N)c2cc(C(C)(C)C)cc4c2B3c2ccc(-n3c5c([2H])c([2H])c([2H])c([2H])c5c5c([2H])c([2H])c([2H])c([2H])c53)cc2N4c2ccc(C(C)(C)C)c(-n3c4ccccc4c4c(-c5ccccc5)cccc43)c2C#N)c([2H])c1[2H]. The number of nitrogens with zero attached hydrogens (tertiary/aromatic N) is 7. The molecule has 100 heavy (non-hydrogen) atoms. The van der Waals surface area contributed by atoms with Crippen molar-refractivity contribution in [2.24, 2.45) is 0 Å². The number of hydrogen-bond acceptors (Lipinski definition) is 4. The van der Waals surface area contributed by atoms with Crippen LogP contribution in [0.5, 0.6) is 0 Å². The van der Waals surface area contributed by atoms with Crippen molar-refractivity contribution in [1.29, 1.82) is 10.5 Å². The summed E-state index contributed by atoms with van der Waals surface area (Å²) in [5, 5.41) is 28.8. The maximum absolute atomic E-state index is 12.9. The molecule has 0 N–H and O–H groups in total. The molecule has 13 aromatic carbocycles. The van der Waals surface area contributed by atoms with E-state index < -0.39 is 102 Å². The highest BCUT2D eigenvalue weighted by Gasteiger charge is 2.46. The highest BCUT2D eigenvalue weighted by Crippen LogP contribution is 2.53. The van der Waals surface area contributed by atoms with E-state index in [4.69, 9.17) is 6.85 Å². The predicted molar refractivity (Wildman–Crippen MR) is 420 cm³/mol. The molecule has 18 rings (SSSR count). The molecule has 0 bridgehead atoms. The van der Waals surface area contributed by atoms with E-state index in [2.05, 4.69) is 178 Å². The van der Waals surface area contributed by atoms with Crippen LogP contribution in [-0.4, -0.2) is 20.4 Å². The van der Waals surface area contributed by atoms with Crippen molar-refractivity contribution in [2.75, 3.05) is 9.80 Å². The number of para-hydroxylation sites is 5. The first kappa shape index (κ1) is 47.8. The van der Waals surface area contributed by atoms with Crippen LogP contribution in [0.4, 0.5) is 34.1 Å². The predicted octanol–water partition coefficient (Wildman–Crippen LogP) is 22.0. The Labute approximate surface area is 602 Å². The van der Waals surface area contributed by atoms with Gasteiger partial charge in [-0.25, -0.2) is 0 Å². The van der Waals surface area contributed by atoms with Gasteiger partial charge in [-0.3, -0.25) is 0 Å². The van der Waals surface area contributed by atoms with Gasteiger partial charge in [0.15, 0.2) is 0 Å². The molecule has 478 valence electrons. The first-order valence-electron chi connectivity index (χ1n) is 40.3. The standard InChI is InChI=1S/C92H72BN7/c1-90(2,3)61-51-85-88-86(52-61)99(81-54-82(71(92(7,8)9)49-60(81)55-94)97-76-39-23-18-33-66(76)67-34-19-24-40-77(67)97)83-50-59(57-27-12-10-13-28-57)43-46-72(83)93(88)73-47-44-62(96-74-37-21-16-31-64(74)65-32-17-22-38-75(65)96)53-84(73)98(85)79-48-45-70(91(4,5)6)89(69(79)56-95)100-78-41-25-20-35-68(78)87-63(36-26-42-80(87)100)58-29-14-11-15-30-58/h10-54H,1-9H3/i10D,12D,13D,16D,17D,21D,22D,27D,28D,31D,32D,37D,38D. The molecule has 0 aliphatic carbocycles. The zero-order valence-electron chi connectivity index (χ0n) is 69.7. The molecule has 0 spiro atoms. The van der Waals surface area contributed by atoms with E-state index in [1.54, 1.807) is 12.1 Å². The summed E-state index contributed by atoms with van der Waals surface area (Å²) in [5.41, 5.74) is 13.7. The zero-order valence-corrected chi connectivity index (χ0v) is 56.7. The topological polar surface area (TPSA) is 68.8 Å². The highest BCUT2D eigenvalue weighted by molar-refractivity contribution is 7.00. The van der Waals surface area contributed by atoms with Crippen molar-refractivity contribution < 1.29 is 17.8 Å². The van der Waals surface area contributed by atoms with Gasteiger partial charge in [-0.15, -0.1) is 0 Å². The van der Waals surface area contributed by atoms with Crippen molar-refractivity contribution in [3.05, 3.63) is 300 Å². The second kappa shape index (κ2) is 22.2.